The maximum absolute atomic E-state index is 11.3. The van der Waals surface area contributed by atoms with Gasteiger partial charge in [0.2, 0.25) is 0 Å². The van der Waals surface area contributed by atoms with E-state index in [1.807, 2.05) is 30.3 Å². The average Bonchev–Trinajstić information content (AvgIpc) is 2.25. The van der Waals surface area contributed by atoms with Crippen LogP contribution < -0.4 is 5.32 Å². The van der Waals surface area contributed by atoms with Gasteiger partial charge in [-0.05, 0) is 25.5 Å². The number of ketones is 1. The second-order valence-electron chi connectivity index (χ2n) is 3.84. The van der Waals surface area contributed by atoms with E-state index in [2.05, 4.69) is 12.2 Å². The molecule has 0 bridgehead atoms. The van der Waals surface area contributed by atoms with Crippen LogP contribution in [0.15, 0.2) is 30.3 Å². The van der Waals surface area contributed by atoms with Gasteiger partial charge in [-0.25, -0.2) is 0 Å². The molecule has 1 rings (SSSR count). The summed E-state index contributed by atoms with van der Waals surface area (Å²) >= 11 is 0. The zero-order chi connectivity index (χ0) is 11.1. The van der Waals surface area contributed by atoms with Gasteiger partial charge in [0.05, 0.1) is 0 Å². The topological polar surface area (TPSA) is 29.1 Å². The molecule has 0 aliphatic rings. The first-order valence-electron chi connectivity index (χ1n) is 5.53. The summed E-state index contributed by atoms with van der Waals surface area (Å²) in [6, 6.07) is 10.0. The number of carbonyl (C=O) groups is 1. The molecule has 1 atom stereocenters. The van der Waals surface area contributed by atoms with Gasteiger partial charge in [-0.1, -0.05) is 31.5 Å². The van der Waals surface area contributed by atoms with Crippen LogP contribution in [0.2, 0.25) is 0 Å². The number of anilines is 1. The van der Waals surface area contributed by atoms with Gasteiger partial charge in [0.1, 0.15) is 5.78 Å². The van der Waals surface area contributed by atoms with E-state index in [1.165, 1.54) is 0 Å². The average molecular weight is 205 g/mol. The third-order valence-corrected chi connectivity index (χ3v) is 2.54. The van der Waals surface area contributed by atoms with Gasteiger partial charge in [-0.3, -0.25) is 4.79 Å². The molecule has 0 heterocycles. The van der Waals surface area contributed by atoms with Gasteiger partial charge in [-0.2, -0.15) is 0 Å². The number of carbonyl (C=O) groups excluding carboxylic acids is 1. The quantitative estimate of drug-likeness (QED) is 0.773. The van der Waals surface area contributed by atoms with Crippen LogP contribution >= 0.6 is 0 Å². The predicted octanol–water partition coefficient (Wildman–Crippen LogP) is 3.10. The summed E-state index contributed by atoms with van der Waals surface area (Å²) in [5.74, 6) is 0.426. The third-order valence-electron chi connectivity index (χ3n) is 2.54. The predicted molar refractivity (Wildman–Crippen MR) is 64.0 cm³/mol. The lowest BCUT2D eigenvalue weighted by atomic mass is 9.99. The third kappa shape index (κ3) is 4.15. The summed E-state index contributed by atoms with van der Waals surface area (Å²) in [4.78, 5) is 11.3. The van der Waals surface area contributed by atoms with Crippen LogP contribution in [0.1, 0.15) is 26.7 Å². The highest BCUT2D eigenvalue weighted by molar-refractivity contribution is 5.78. The van der Waals surface area contributed by atoms with E-state index >= 15 is 0 Å². The summed E-state index contributed by atoms with van der Waals surface area (Å²) < 4.78 is 0. The summed E-state index contributed by atoms with van der Waals surface area (Å²) in [6.45, 7) is 4.53. The van der Waals surface area contributed by atoms with Crippen molar-refractivity contribution in [1.82, 2.24) is 0 Å². The Labute approximate surface area is 91.7 Å². The van der Waals surface area contributed by atoms with Crippen molar-refractivity contribution in [3.63, 3.8) is 0 Å². The Hall–Kier alpha value is -1.31. The van der Waals surface area contributed by atoms with Gasteiger partial charge >= 0.3 is 0 Å². The van der Waals surface area contributed by atoms with Crippen molar-refractivity contribution >= 4 is 11.5 Å². The molecule has 2 heteroatoms. The second-order valence-corrected chi connectivity index (χ2v) is 3.84. The molecule has 0 aliphatic carbocycles. The number of hydrogen-bond donors (Lipinski definition) is 1. The Bertz CT molecular complexity index is 295. The summed E-state index contributed by atoms with van der Waals surface area (Å²) in [7, 11) is 0. The first kappa shape index (κ1) is 11.8. The Morgan fingerprint density at radius 2 is 2.00 bits per heavy atom. The fraction of sp³-hybridized carbons (Fsp3) is 0.462. The minimum absolute atomic E-state index is 0.148. The lowest BCUT2D eigenvalue weighted by molar-refractivity contribution is -0.120. The molecule has 15 heavy (non-hydrogen) atoms. The molecule has 0 aromatic heterocycles. The van der Waals surface area contributed by atoms with E-state index in [-0.39, 0.29) is 11.7 Å². The van der Waals surface area contributed by atoms with E-state index in [0.717, 1.165) is 25.1 Å². The van der Waals surface area contributed by atoms with Crippen LogP contribution in [-0.2, 0) is 4.79 Å². The van der Waals surface area contributed by atoms with Gasteiger partial charge in [0.15, 0.2) is 0 Å². The summed E-state index contributed by atoms with van der Waals surface area (Å²) in [5, 5.41) is 3.29. The van der Waals surface area contributed by atoms with Gasteiger partial charge < -0.3 is 5.32 Å². The number of hydrogen-bond acceptors (Lipinski definition) is 2. The highest BCUT2D eigenvalue weighted by Crippen LogP contribution is 2.11. The van der Waals surface area contributed by atoms with Crippen molar-refractivity contribution in [2.75, 3.05) is 11.9 Å². The minimum atomic E-state index is 0.148. The molecule has 0 spiro atoms. The van der Waals surface area contributed by atoms with Gasteiger partial charge in [0.25, 0.3) is 0 Å². The van der Waals surface area contributed by atoms with Crippen LogP contribution in [0.3, 0.4) is 0 Å². The van der Waals surface area contributed by atoms with Crippen LogP contribution in [0.4, 0.5) is 5.69 Å². The molecule has 82 valence electrons. The van der Waals surface area contributed by atoms with Crippen molar-refractivity contribution < 1.29 is 4.79 Å². The molecule has 1 N–H and O–H groups in total. The van der Waals surface area contributed by atoms with Gasteiger partial charge in [0, 0.05) is 18.2 Å². The van der Waals surface area contributed by atoms with Crippen molar-refractivity contribution in [3.05, 3.63) is 30.3 Å². The molecule has 0 saturated carbocycles. The normalized spacial score (nSPS) is 12.1. The first-order valence-corrected chi connectivity index (χ1v) is 5.53. The van der Waals surface area contributed by atoms with E-state index in [1.54, 1.807) is 6.92 Å². The van der Waals surface area contributed by atoms with Gasteiger partial charge in [-0.15, -0.1) is 0 Å². The monoisotopic (exact) mass is 205 g/mol. The highest BCUT2D eigenvalue weighted by atomic mass is 16.1. The van der Waals surface area contributed by atoms with Crippen LogP contribution in [0.25, 0.3) is 0 Å². The Balaban J connectivity index is 2.43. The number of benzene rings is 1. The Kier molecular flexibility index (Phi) is 4.88. The second kappa shape index (κ2) is 6.23. The number of para-hydroxylation sites is 1. The molecular formula is C13H19NO. The lowest BCUT2D eigenvalue weighted by Gasteiger charge is -2.14. The van der Waals surface area contributed by atoms with Crippen LogP contribution in [0.5, 0.6) is 0 Å². The smallest absolute Gasteiger partial charge is 0.134 e. The standard InChI is InChI=1S/C13H19NO/c1-3-7-12(11(2)15)10-14-13-8-5-4-6-9-13/h4-6,8-9,12,14H,3,7,10H2,1-2H3. The van der Waals surface area contributed by atoms with E-state index < -0.39 is 0 Å². The molecule has 0 radical (unpaired) electrons. The molecule has 2 nitrogen and oxygen atoms in total. The molecular weight excluding hydrogens is 186 g/mol. The van der Waals surface area contributed by atoms with Crippen LogP contribution in [-0.4, -0.2) is 12.3 Å². The molecule has 1 aromatic carbocycles. The fourth-order valence-corrected chi connectivity index (χ4v) is 1.59. The molecule has 0 amide bonds. The number of Topliss-reactive ketones (excluding diaryl/α,β-unsaturated/α-hetero) is 1. The SMILES string of the molecule is CCCC(CNc1ccccc1)C(C)=O. The molecule has 1 aromatic rings. The zero-order valence-corrected chi connectivity index (χ0v) is 9.49. The molecule has 0 fully saturated rings. The molecule has 1 unspecified atom stereocenters. The summed E-state index contributed by atoms with van der Waals surface area (Å²) in [5.41, 5.74) is 1.08. The van der Waals surface area contributed by atoms with E-state index in [9.17, 15) is 4.79 Å². The minimum Gasteiger partial charge on any atom is -0.384 e. The Morgan fingerprint density at radius 1 is 1.33 bits per heavy atom. The van der Waals surface area contributed by atoms with E-state index in [4.69, 9.17) is 0 Å². The first-order chi connectivity index (χ1) is 7.24. The molecule has 0 saturated heterocycles. The Morgan fingerprint density at radius 3 is 2.53 bits per heavy atom. The van der Waals surface area contributed by atoms with Crippen molar-refractivity contribution in [2.24, 2.45) is 5.92 Å². The largest absolute Gasteiger partial charge is 0.384 e. The molecule has 0 aliphatic heterocycles. The lowest BCUT2D eigenvalue weighted by Crippen LogP contribution is -2.20. The highest BCUT2D eigenvalue weighted by Gasteiger charge is 2.12. The number of rotatable bonds is 6. The van der Waals surface area contributed by atoms with Crippen molar-refractivity contribution in [3.8, 4) is 0 Å². The fourth-order valence-electron chi connectivity index (χ4n) is 1.59. The van der Waals surface area contributed by atoms with Crippen molar-refractivity contribution in [1.29, 1.82) is 0 Å². The van der Waals surface area contributed by atoms with E-state index in [0.29, 0.717) is 0 Å². The zero-order valence-electron chi connectivity index (χ0n) is 9.49. The summed E-state index contributed by atoms with van der Waals surface area (Å²) in [6.07, 6.45) is 2.02. The number of nitrogens with one attached hydrogen (secondary N) is 1. The van der Waals surface area contributed by atoms with Crippen molar-refractivity contribution in [2.45, 2.75) is 26.7 Å². The maximum Gasteiger partial charge on any atom is 0.134 e. The van der Waals surface area contributed by atoms with Crippen LogP contribution in [0, 0.1) is 5.92 Å². The maximum atomic E-state index is 11.3.